The molecule has 0 saturated carbocycles. The molecule has 0 amide bonds. The Kier molecular flexibility index (Phi) is 3.94. The van der Waals surface area contributed by atoms with Crippen LogP contribution < -0.4 is 5.73 Å². The zero-order valence-corrected chi connectivity index (χ0v) is 10.8. The molecule has 0 saturated heterocycles. The Morgan fingerprint density at radius 1 is 1.33 bits per heavy atom. The van der Waals surface area contributed by atoms with Gasteiger partial charge in [0.05, 0.1) is 0 Å². The Balaban J connectivity index is 2.16. The molecule has 1 aromatic heterocycles. The third-order valence-corrected chi connectivity index (χ3v) is 3.00. The number of halogens is 2. The first-order valence-corrected chi connectivity index (χ1v) is 6.06. The third-order valence-electron chi connectivity index (χ3n) is 2.76. The minimum absolute atomic E-state index is 0.372. The number of nitrogens with two attached hydrogens (primary N) is 1. The van der Waals surface area contributed by atoms with Crippen LogP contribution in [0.5, 0.6) is 0 Å². The van der Waals surface area contributed by atoms with E-state index in [-0.39, 0.29) is 5.82 Å². The fourth-order valence-corrected chi connectivity index (χ4v) is 1.92. The molecule has 1 unspecified atom stereocenters. The number of aromatic nitrogens is 1. The highest BCUT2D eigenvalue weighted by Gasteiger charge is 2.13. The summed E-state index contributed by atoms with van der Waals surface area (Å²) in [6.45, 7) is 1.97. The van der Waals surface area contributed by atoms with Crippen LogP contribution in [0.2, 0.25) is 5.02 Å². The van der Waals surface area contributed by atoms with Crippen LogP contribution in [-0.4, -0.2) is 4.98 Å². The molecule has 18 heavy (non-hydrogen) atoms. The maximum atomic E-state index is 13.7. The van der Waals surface area contributed by atoms with Crippen LogP contribution in [0.1, 0.15) is 22.9 Å². The molecule has 1 aromatic carbocycles. The zero-order chi connectivity index (χ0) is 13.1. The lowest BCUT2D eigenvalue weighted by Crippen LogP contribution is -2.15. The Labute approximate surface area is 111 Å². The quantitative estimate of drug-likeness (QED) is 0.923. The van der Waals surface area contributed by atoms with E-state index in [1.807, 2.05) is 19.1 Å². The first kappa shape index (κ1) is 13.0. The van der Waals surface area contributed by atoms with Crippen molar-refractivity contribution in [3.8, 4) is 0 Å². The van der Waals surface area contributed by atoms with Gasteiger partial charge in [0.2, 0.25) is 0 Å². The summed E-state index contributed by atoms with van der Waals surface area (Å²) in [5.41, 5.74) is 8.39. The second-order valence-electron chi connectivity index (χ2n) is 4.30. The SMILES string of the molecule is Cc1ccc(CC(N)c2ccc(Cl)cc2F)nc1. The Hall–Kier alpha value is -1.45. The molecule has 0 aliphatic heterocycles. The molecule has 0 aliphatic rings. The topological polar surface area (TPSA) is 38.9 Å². The summed E-state index contributed by atoms with van der Waals surface area (Å²) >= 11 is 5.71. The average molecular weight is 265 g/mol. The molecule has 2 rings (SSSR count). The summed E-state index contributed by atoms with van der Waals surface area (Å²) in [5.74, 6) is -0.373. The van der Waals surface area contributed by atoms with E-state index in [1.54, 1.807) is 18.3 Å². The predicted molar refractivity (Wildman–Crippen MR) is 71.0 cm³/mol. The highest BCUT2D eigenvalue weighted by molar-refractivity contribution is 6.30. The maximum Gasteiger partial charge on any atom is 0.129 e. The van der Waals surface area contributed by atoms with Crippen molar-refractivity contribution in [1.29, 1.82) is 0 Å². The van der Waals surface area contributed by atoms with Gasteiger partial charge >= 0.3 is 0 Å². The van der Waals surface area contributed by atoms with Gasteiger partial charge in [0.25, 0.3) is 0 Å². The van der Waals surface area contributed by atoms with Crippen molar-refractivity contribution >= 4 is 11.6 Å². The summed E-state index contributed by atoms with van der Waals surface area (Å²) in [6.07, 6.45) is 2.28. The molecule has 2 N–H and O–H groups in total. The lowest BCUT2D eigenvalue weighted by atomic mass is 10.0. The van der Waals surface area contributed by atoms with Gasteiger partial charge in [0, 0.05) is 34.9 Å². The summed E-state index contributed by atoms with van der Waals surface area (Å²) < 4.78 is 13.7. The standard InChI is InChI=1S/C14H14ClFN2/c1-9-2-4-11(18-8-9)7-14(17)12-5-3-10(15)6-13(12)16/h2-6,8,14H,7,17H2,1H3. The van der Waals surface area contributed by atoms with Crippen LogP contribution in [0.4, 0.5) is 4.39 Å². The van der Waals surface area contributed by atoms with Crippen molar-refractivity contribution in [2.75, 3.05) is 0 Å². The highest BCUT2D eigenvalue weighted by Crippen LogP contribution is 2.21. The van der Waals surface area contributed by atoms with E-state index in [0.717, 1.165) is 11.3 Å². The van der Waals surface area contributed by atoms with Crippen molar-refractivity contribution in [2.45, 2.75) is 19.4 Å². The Morgan fingerprint density at radius 3 is 2.72 bits per heavy atom. The number of pyridine rings is 1. The smallest absolute Gasteiger partial charge is 0.129 e. The van der Waals surface area contributed by atoms with E-state index in [4.69, 9.17) is 17.3 Å². The van der Waals surface area contributed by atoms with Crippen molar-refractivity contribution in [3.63, 3.8) is 0 Å². The van der Waals surface area contributed by atoms with Crippen molar-refractivity contribution < 1.29 is 4.39 Å². The van der Waals surface area contributed by atoms with Crippen LogP contribution in [0.3, 0.4) is 0 Å². The summed E-state index contributed by atoms with van der Waals surface area (Å²) in [6, 6.07) is 7.99. The van der Waals surface area contributed by atoms with E-state index in [1.165, 1.54) is 6.07 Å². The molecule has 0 spiro atoms. The van der Waals surface area contributed by atoms with Gasteiger partial charge in [-0.15, -0.1) is 0 Å². The zero-order valence-electron chi connectivity index (χ0n) is 10.0. The van der Waals surface area contributed by atoms with Crippen LogP contribution >= 0.6 is 11.6 Å². The van der Waals surface area contributed by atoms with E-state index < -0.39 is 6.04 Å². The van der Waals surface area contributed by atoms with Crippen LogP contribution in [-0.2, 0) is 6.42 Å². The molecule has 1 heterocycles. The van der Waals surface area contributed by atoms with Gasteiger partial charge in [-0.2, -0.15) is 0 Å². The number of benzene rings is 1. The van der Waals surface area contributed by atoms with Crippen molar-refractivity contribution in [3.05, 3.63) is 64.2 Å². The van der Waals surface area contributed by atoms with E-state index in [0.29, 0.717) is 17.0 Å². The fourth-order valence-electron chi connectivity index (χ4n) is 1.76. The van der Waals surface area contributed by atoms with Crippen molar-refractivity contribution in [1.82, 2.24) is 4.98 Å². The van der Waals surface area contributed by atoms with Gasteiger partial charge in [0.15, 0.2) is 0 Å². The molecule has 0 aliphatic carbocycles. The lowest BCUT2D eigenvalue weighted by molar-refractivity contribution is 0.578. The molecule has 0 radical (unpaired) electrons. The molecular weight excluding hydrogens is 251 g/mol. The number of hydrogen-bond donors (Lipinski definition) is 1. The largest absolute Gasteiger partial charge is 0.324 e. The Morgan fingerprint density at radius 2 is 2.11 bits per heavy atom. The van der Waals surface area contributed by atoms with Crippen LogP contribution in [0.15, 0.2) is 36.5 Å². The number of hydrogen-bond acceptors (Lipinski definition) is 2. The molecular formula is C14H14ClFN2. The van der Waals surface area contributed by atoms with Gasteiger partial charge in [-0.05, 0) is 30.7 Å². The first-order chi connectivity index (χ1) is 8.56. The number of nitrogens with zero attached hydrogens (tertiary/aromatic N) is 1. The van der Waals surface area contributed by atoms with Gasteiger partial charge in [-0.25, -0.2) is 4.39 Å². The van der Waals surface area contributed by atoms with Gasteiger partial charge in [0.1, 0.15) is 5.82 Å². The van der Waals surface area contributed by atoms with Gasteiger partial charge < -0.3 is 5.73 Å². The fraction of sp³-hybridized carbons (Fsp3) is 0.214. The first-order valence-electron chi connectivity index (χ1n) is 5.68. The predicted octanol–water partition coefficient (Wildman–Crippen LogP) is 3.43. The maximum absolute atomic E-state index is 13.7. The Bertz CT molecular complexity index is 540. The average Bonchev–Trinajstić information content (AvgIpc) is 2.32. The molecule has 94 valence electrons. The van der Waals surface area contributed by atoms with Gasteiger partial charge in [-0.3, -0.25) is 4.98 Å². The molecule has 0 bridgehead atoms. The van der Waals surface area contributed by atoms with Crippen LogP contribution in [0, 0.1) is 12.7 Å². The lowest BCUT2D eigenvalue weighted by Gasteiger charge is -2.12. The molecule has 2 aromatic rings. The second-order valence-corrected chi connectivity index (χ2v) is 4.74. The minimum Gasteiger partial charge on any atom is -0.324 e. The van der Waals surface area contributed by atoms with Gasteiger partial charge in [-0.1, -0.05) is 23.7 Å². The summed E-state index contributed by atoms with van der Waals surface area (Å²) in [7, 11) is 0. The summed E-state index contributed by atoms with van der Waals surface area (Å²) in [4.78, 5) is 4.26. The minimum atomic E-state index is -0.419. The second kappa shape index (κ2) is 5.46. The normalized spacial score (nSPS) is 12.4. The summed E-state index contributed by atoms with van der Waals surface area (Å²) in [5, 5.41) is 0.372. The van der Waals surface area contributed by atoms with E-state index >= 15 is 0 Å². The van der Waals surface area contributed by atoms with Crippen molar-refractivity contribution in [2.24, 2.45) is 5.73 Å². The molecule has 4 heteroatoms. The number of aryl methyl sites for hydroxylation is 1. The van der Waals surface area contributed by atoms with E-state index in [2.05, 4.69) is 4.98 Å². The monoisotopic (exact) mass is 264 g/mol. The molecule has 2 nitrogen and oxygen atoms in total. The highest BCUT2D eigenvalue weighted by atomic mass is 35.5. The molecule has 1 atom stereocenters. The third kappa shape index (κ3) is 3.06. The molecule has 0 fully saturated rings. The number of rotatable bonds is 3. The van der Waals surface area contributed by atoms with E-state index in [9.17, 15) is 4.39 Å². The van der Waals surface area contributed by atoms with Crippen LogP contribution in [0.25, 0.3) is 0 Å².